The van der Waals surface area contributed by atoms with E-state index in [1.54, 1.807) is 4.90 Å². The number of hydrogen-bond acceptors (Lipinski definition) is 3. The molecule has 1 saturated heterocycles. The Morgan fingerprint density at radius 3 is 2.58 bits per heavy atom. The Morgan fingerprint density at radius 2 is 2.00 bits per heavy atom. The first kappa shape index (κ1) is 16.0. The van der Waals surface area contributed by atoms with E-state index in [0.29, 0.717) is 25.4 Å². The molecule has 2 amide bonds. The van der Waals surface area contributed by atoms with Crippen molar-refractivity contribution in [3.05, 3.63) is 0 Å². The molecule has 2 N–H and O–H groups in total. The average molecular weight is 269 g/mol. The van der Waals surface area contributed by atoms with Gasteiger partial charge >= 0.3 is 0 Å². The number of rotatable bonds is 6. The van der Waals surface area contributed by atoms with Crippen LogP contribution in [0.4, 0.5) is 0 Å². The van der Waals surface area contributed by atoms with E-state index >= 15 is 0 Å². The Hall–Kier alpha value is -1.10. The van der Waals surface area contributed by atoms with Crippen LogP contribution < -0.4 is 10.6 Å². The van der Waals surface area contributed by atoms with Crippen LogP contribution >= 0.6 is 0 Å². The van der Waals surface area contributed by atoms with Gasteiger partial charge < -0.3 is 15.5 Å². The molecular weight excluding hydrogens is 242 g/mol. The molecule has 0 aromatic heterocycles. The predicted molar refractivity (Wildman–Crippen MR) is 75.7 cm³/mol. The monoisotopic (exact) mass is 269 g/mol. The van der Waals surface area contributed by atoms with Crippen LogP contribution in [0.15, 0.2) is 0 Å². The van der Waals surface area contributed by atoms with Crippen LogP contribution in [-0.2, 0) is 9.59 Å². The van der Waals surface area contributed by atoms with Crippen molar-refractivity contribution in [3.8, 4) is 0 Å². The van der Waals surface area contributed by atoms with E-state index in [-0.39, 0.29) is 24.4 Å². The van der Waals surface area contributed by atoms with Crippen LogP contribution in [0.5, 0.6) is 0 Å². The van der Waals surface area contributed by atoms with Gasteiger partial charge in [0, 0.05) is 25.6 Å². The Kier molecular flexibility index (Phi) is 6.84. The molecule has 1 fully saturated rings. The summed E-state index contributed by atoms with van der Waals surface area (Å²) in [5.74, 6) is 0.479. The molecule has 1 aliphatic rings. The second-order valence-electron chi connectivity index (χ2n) is 5.23. The highest BCUT2D eigenvalue weighted by molar-refractivity contribution is 5.84. The molecule has 1 heterocycles. The van der Waals surface area contributed by atoms with Crippen molar-refractivity contribution in [2.24, 2.45) is 5.92 Å². The summed E-state index contributed by atoms with van der Waals surface area (Å²) in [6, 6.07) is 0.248. The third-order valence-corrected chi connectivity index (χ3v) is 3.89. The molecule has 0 aliphatic carbocycles. The molecule has 19 heavy (non-hydrogen) atoms. The minimum Gasteiger partial charge on any atom is -0.347 e. The standard InChI is InChI=1S/C14H27N3O2/c1-4-17(5-2)14(19)10-16-13(18)9-12-11(3)7-6-8-15-12/h11-12,15H,4-10H2,1-3H3,(H,16,18). The lowest BCUT2D eigenvalue weighted by atomic mass is 9.90. The van der Waals surface area contributed by atoms with Gasteiger partial charge in [0.2, 0.25) is 11.8 Å². The van der Waals surface area contributed by atoms with Gasteiger partial charge in [0.25, 0.3) is 0 Å². The number of nitrogens with zero attached hydrogens (tertiary/aromatic N) is 1. The lowest BCUT2D eigenvalue weighted by Crippen LogP contribution is -2.45. The van der Waals surface area contributed by atoms with Crippen molar-refractivity contribution >= 4 is 11.8 Å². The van der Waals surface area contributed by atoms with E-state index in [4.69, 9.17) is 0 Å². The number of amides is 2. The maximum Gasteiger partial charge on any atom is 0.241 e. The second-order valence-corrected chi connectivity index (χ2v) is 5.23. The van der Waals surface area contributed by atoms with E-state index in [1.807, 2.05) is 13.8 Å². The lowest BCUT2D eigenvalue weighted by Gasteiger charge is -2.29. The molecule has 0 saturated carbocycles. The summed E-state index contributed by atoms with van der Waals surface area (Å²) in [4.78, 5) is 25.3. The molecule has 5 nitrogen and oxygen atoms in total. The van der Waals surface area contributed by atoms with Gasteiger partial charge in [-0.2, -0.15) is 0 Å². The summed E-state index contributed by atoms with van der Waals surface area (Å²) in [5.41, 5.74) is 0. The second kappa shape index (κ2) is 8.15. The molecule has 2 unspecified atom stereocenters. The van der Waals surface area contributed by atoms with Gasteiger partial charge in [-0.25, -0.2) is 0 Å². The minimum absolute atomic E-state index is 0.0111. The van der Waals surface area contributed by atoms with Gasteiger partial charge in [0.15, 0.2) is 0 Å². The highest BCUT2D eigenvalue weighted by Gasteiger charge is 2.23. The fraction of sp³-hybridized carbons (Fsp3) is 0.857. The zero-order valence-corrected chi connectivity index (χ0v) is 12.4. The largest absolute Gasteiger partial charge is 0.347 e. The Bertz CT molecular complexity index is 303. The molecule has 0 aromatic rings. The summed E-state index contributed by atoms with van der Waals surface area (Å²) in [6.45, 7) is 8.53. The molecule has 110 valence electrons. The fourth-order valence-corrected chi connectivity index (χ4v) is 2.52. The van der Waals surface area contributed by atoms with Crippen molar-refractivity contribution in [1.29, 1.82) is 0 Å². The van der Waals surface area contributed by atoms with Crippen molar-refractivity contribution < 1.29 is 9.59 Å². The summed E-state index contributed by atoms with van der Waals surface area (Å²) >= 11 is 0. The highest BCUT2D eigenvalue weighted by Crippen LogP contribution is 2.17. The van der Waals surface area contributed by atoms with Crippen molar-refractivity contribution in [1.82, 2.24) is 15.5 Å². The molecule has 1 aliphatic heterocycles. The molecular formula is C14H27N3O2. The Balaban J connectivity index is 2.29. The Morgan fingerprint density at radius 1 is 1.32 bits per heavy atom. The van der Waals surface area contributed by atoms with Crippen molar-refractivity contribution in [2.75, 3.05) is 26.2 Å². The molecule has 0 bridgehead atoms. The first-order valence-corrected chi connectivity index (χ1v) is 7.36. The predicted octanol–water partition coefficient (Wildman–Crippen LogP) is 0.749. The van der Waals surface area contributed by atoms with E-state index in [0.717, 1.165) is 6.54 Å². The number of likely N-dealkylation sites (N-methyl/N-ethyl adjacent to an activating group) is 1. The first-order valence-electron chi connectivity index (χ1n) is 7.36. The van der Waals surface area contributed by atoms with Crippen LogP contribution in [-0.4, -0.2) is 48.9 Å². The third-order valence-electron chi connectivity index (χ3n) is 3.89. The number of nitrogens with one attached hydrogen (secondary N) is 2. The van der Waals surface area contributed by atoms with Gasteiger partial charge in [-0.1, -0.05) is 6.92 Å². The zero-order valence-electron chi connectivity index (χ0n) is 12.4. The third kappa shape index (κ3) is 5.19. The fourth-order valence-electron chi connectivity index (χ4n) is 2.52. The van der Waals surface area contributed by atoms with Gasteiger partial charge in [0.05, 0.1) is 6.54 Å². The van der Waals surface area contributed by atoms with Gasteiger partial charge in [-0.05, 0) is 39.2 Å². The molecule has 2 atom stereocenters. The summed E-state index contributed by atoms with van der Waals surface area (Å²) in [6.07, 6.45) is 2.82. The quantitative estimate of drug-likeness (QED) is 0.748. The topological polar surface area (TPSA) is 61.4 Å². The normalized spacial score (nSPS) is 22.9. The van der Waals surface area contributed by atoms with E-state index < -0.39 is 0 Å². The number of hydrogen-bond donors (Lipinski definition) is 2. The van der Waals surface area contributed by atoms with Crippen LogP contribution in [0.25, 0.3) is 0 Å². The van der Waals surface area contributed by atoms with Crippen LogP contribution in [0.1, 0.15) is 40.0 Å². The van der Waals surface area contributed by atoms with E-state index in [9.17, 15) is 9.59 Å². The molecule has 0 radical (unpaired) electrons. The number of carbonyl (C=O) groups is 2. The Labute approximate surface area is 116 Å². The van der Waals surface area contributed by atoms with Gasteiger partial charge in [0.1, 0.15) is 0 Å². The van der Waals surface area contributed by atoms with Crippen LogP contribution in [0.2, 0.25) is 0 Å². The lowest BCUT2D eigenvalue weighted by molar-refractivity contribution is -0.132. The molecule has 5 heteroatoms. The van der Waals surface area contributed by atoms with E-state index in [1.165, 1.54) is 12.8 Å². The highest BCUT2D eigenvalue weighted by atomic mass is 16.2. The first-order chi connectivity index (χ1) is 9.08. The van der Waals surface area contributed by atoms with Gasteiger partial charge in [-0.15, -0.1) is 0 Å². The summed E-state index contributed by atoms with van der Waals surface area (Å²) < 4.78 is 0. The molecule has 0 aromatic carbocycles. The summed E-state index contributed by atoms with van der Waals surface area (Å²) in [5, 5.41) is 6.11. The van der Waals surface area contributed by atoms with Gasteiger partial charge in [-0.3, -0.25) is 9.59 Å². The average Bonchev–Trinajstić information content (AvgIpc) is 2.40. The summed E-state index contributed by atoms with van der Waals surface area (Å²) in [7, 11) is 0. The van der Waals surface area contributed by atoms with Crippen LogP contribution in [0, 0.1) is 5.92 Å². The maximum atomic E-state index is 11.8. The van der Waals surface area contributed by atoms with Crippen LogP contribution in [0.3, 0.4) is 0 Å². The van der Waals surface area contributed by atoms with E-state index in [2.05, 4.69) is 17.6 Å². The van der Waals surface area contributed by atoms with Crippen molar-refractivity contribution in [3.63, 3.8) is 0 Å². The smallest absolute Gasteiger partial charge is 0.241 e. The number of carbonyl (C=O) groups excluding carboxylic acids is 2. The molecule has 1 rings (SSSR count). The molecule has 0 spiro atoms. The number of piperidine rings is 1. The minimum atomic E-state index is -0.0354. The SMILES string of the molecule is CCN(CC)C(=O)CNC(=O)CC1NCCCC1C. The zero-order chi connectivity index (χ0) is 14.3. The van der Waals surface area contributed by atoms with Crippen molar-refractivity contribution in [2.45, 2.75) is 46.1 Å². The maximum absolute atomic E-state index is 11.8.